The Morgan fingerprint density at radius 2 is 0.861 bits per heavy atom. The zero-order chi connectivity index (χ0) is 26.5. The Balaban J connectivity index is 3.62. The molecule has 0 radical (unpaired) electrons. The minimum absolute atomic E-state index is 0.000493. The van der Waals surface area contributed by atoms with Gasteiger partial charge in [0, 0.05) is 12.8 Å². The molecule has 0 bridgehead atoms. The van der Waals surface area contributed by atoms with E-state index in [9.17, 15) is 9.59 Å². The molecule has 0 aliphatic rings. The molecule has 0 amide bonds. The van der Waals surface area contributed by atoms with Crippen molar-refractivity contribution < 1.29 is 19.4 Å². The Hall–Kier alpha value is -1.06. The summed E-state index contributed by atoms with van der Waals surface area (Å²) in [4.78, 5) is 22.9. The topological polar surface area (TPSA) is 63.6 Å². The van der Waals surface area contributed by atoms with Gasteiger partial charge in [-0.1, -0.05) is 142 Å². The fourth-order valence-corrected chi connectivity index (χ4v) is 4.93. The molecular formula is C32H62O4. The maximum atomic E-state index is 12.3. The summed E-state index contributed by atoms with van der Waals surface area (Å²) in [6, 6.07) is 0. The first kappa shape index (κ1) is 34.9. The Morgan fingerprint density at radius 3 is 1.31 bits per heavy atom. The van der Waals surface area contributed by atoms with Gasteiger partial charge in [-0.05, 0) is 32.1 Å². The van der Waals surface area contributed by atoms with Gasteiger partial charge in [0.15, 0.2) is 0 Å². The molecule has 0 aromatic rings. The molecule has 0 aromatic carbocycles. The van der Waals surface area contributed by atoms with Crippen LogP contribution in [0.3, 0.4) is 0 Å². The Labute approximate surface area is 224 Å². The Bertz CT molecular complexity index is 477. The highest BCUT2D eigenvalue weighted by Crippen LogP contribution is 2.17. The quantitative estimate of drug-likeness (QED) is 0.0802. The lowest BCUT2D eigenvalue weighted by atomic mass is 10.0. The van der Waals surface area contributed by atoms with Crippen molar-refractivity contribution in [2.45, 2.75) is 193 Å². The summed E-state index contributed by atoms with van der Waals surface area (Å²) in [7, 11) is 0. The number of carbonyl (C=O) groups excluding carboxylic acids is 1. The highest BCUT2D eigenvalue weighted by molar-refractivity contribution is 5.69. The number of unbranched alkanes of at least 4 members (excludes halogenated alkanes) is 20. The van der Waals surface area contributed by atoms with Crippen LogP contribution in [-0.2, 0) is 14.3 Å². The monoisotopic (exact) mass is 510 g/mol. The van der Waals surface area contributed by atoms with Crippen LogP contribution in [0.5, 0.6) is 0 Å². The van der Waals surface area contributed by atoms with Crippen LogP contribution in [0.1, 0.15) is 187 Å². The first-order valence-corrected chi connectivity index (χ1v) is 16.0. The average molecular weight is 511 g/mol. The van der Waals surface area contributed by atoms with Crippen molar-refractivity contribution in [2.24, 2.45) is 0 Å². The van der Waals surface area contributed by atoms with E-state index in [1.165, 1.54) is 83.5 Å². The van der Waals surface area contributed by atoms with Crippen molar-refractivity contribution in [1.82, 2.24) is 0 Å². The molecular weight excluding hydrogens is 448 g/mol. The van der Waals surface area contributed by atoms with E-state index in [0.717, 1.165) is 77.0 Å². The van der Waals surface area contributed by atoms with Gasteiger partial charge in [0.2, 0.25) is 0 Å². The predicted octanol–water partition coefficient (Wildman–Crippen LogP) is 10.6. The fraction of sp³-hybridized carbons (Fsp3) is 0.938. The summed E-state index contributed by atoms with van der Waals surface area (Å²) in [6.45, 7) is 4.47. The van der Waals surface area contributed by atoms with Crippen LogP contribution in [0.25, 0.3) is 0 Å². The van der Waals surface area contributed by atoms with E-state index in [1.54, 1.807) is 0 Å². The molecule has 1 N–H and O–H groups in total. The normalized spacial score (nSPS) is 12.1. The second kappa shape index (κ2) is 28.5. The van der Waals surface area contributed by atoms with Crippen molar-refractivity contribution in [3.63, 3.8) is 0 Å². The zero-order valence-corrected chi connectivity index (χ0v) is 24.3. The number of hydrogen-bond acceptors (Lipinski definition) is 3. The van der Waals surface area contributed by atoms with Crippen molar-refractivity contribution in [3.8, 4) is 0 Å². The third-order valence-electron chi connectivity index (χ3n) is 7.33. The van der Waals surface area contributed by atoms with E-state index < -0.39 is 5.97 Å². The maximum absolute atomic E-state index is 12.3. The van der Waals surface area contributed by atoms with Gasteiger partial charge in [0.1, 0.15) is 6.10 Å². The number of rotatable bonds is 29. The molecule has 1 atom stereocenters. The molecule has 4 heteroatoms. The van der Waals surface area contributed by atoms with Crippen molar-refractivity contribution in [3.05, 3.63) is 0 Å². The molecule has 0 rings (SSSR count). The second-order valence-electron chi connectivity index (χ2n) is 11.0. The van der Waals surface area contributed by atoms with E-state index in [1.807, 2.05) is 0 Å². The first-order chi connectivity index (χ1) is 17.6. The molecule has 0 saturated carbocycles. The van der Waals surface area contributed by atoms with E-state index in [-0.39, 0.29) is 18.5 Å². The lowest BCUT2D eigenvalue weighted by Crippen LogP contribution is -2.18. The fourth-order valence-electron chi connectivity index (χ4n) is 4.93. The predicted molar refractivity (Wildman–Crippen MR) is 154 cm³/mol. The van der Waals surface area contributed by atoms with Gasteiger partial charge in [-0.2, -0.15) is 0 Å². The van der Waals surface area contributed by atoms with Gasteiger partial charge in [0.25, 0.3) is 0 Å². The number of carbonyl (C=O) groups is 2. The van der Waals surface area contributed by atoms with E-state index >= 15 is 0 Å². The van der Waals surface area contributed by atoms with Crippen molar-refractivity contribution >= 4 is 11.9 Å². The Morgan fingerprint density at radius 1 is 0.500 bits per heavy atom. The summed E-state index contributed by atoms with van der Waals surface area (Å²) < 4.78 is 5.84. The third kappa shape index (κ3) is 27.5. The maximum Gasteiger partial charge on any atom is 0.306 e. The minimum Gasteiger partial charge on any atom is -0.481 e. The standard InChI is InChI=1S/C32H62O4/c1-3-5-7-8-9-10-11-12-13-14-15-16-17-22-25-29-32(35)36-30(26-6-4-2)27-23-20-18-19-21-24-28-31(33)34/h30H,3-29H2,1-2H3,(H,33,34). The Kier molecular flexibility index (Phi) is 27.7. The number of hydrogen-bond donors (Lipinski definition) is 1. The number of carboxylic acid groups (broad SMARTS) is 1. The zero-order valence-electron chi connectivity index (χ0n) is 24.3. The van der Waals surface area contributed by atoms with Gasteiger partial charge in [-0.15, -0.1) is 0 Å². The third-order valence-corrected chi connectivity index (χ3v) is 7.33. The number of esters is 1. The lowest BCUT2D eigenvalue weighted by molar-refractivity contribution is -0.150. The number of aliphatic carboxylic acids is 1. The van der Waals surface area contributed by atoms with Crippen LogP contribution < -0.4 is 0 Å². The molecule has 0 aliphatic carbocycles. The van der Waals surface area contributed by atoms with Crippen molar-refractivity contribution in [1.29, 1.82) is 0 Å². The molecule has 0 aliphatic heterocycles. The first-order valence-electron chi connectivity index (χ1n) is 16.0. The molecule has 0 spiro atoms. The SMILES string of the molecule is CCCCCCCCCCCCCCCCCC(=O)OC(CCCC)CCCCCCCCC(=O)O. The van der Waals surface area contributed by atoms with Gasteiger partial charge in [-0.3, -0.25) is 9.59 Å². The summed E-state index contributed by atoms with van der Waals surface area (Å²) >= 11 is 0. The molecule has 36 heavy (non-hydrogen) atoms. The average Bonchev–Trinajstić information content (AvgIpc) is 2.86. The van der Waals surface area contributed by atoms with Crippen LogP contribution in [0.4, 0.5) is 0 Å². The van der Waals surface area contributed by atoms with Crippen LogP contribution >= 0.6 is 0 Å². The highest BCUT2D eigenvalue weighted by atomic mass is 16.5. The van der Waals surface area contributed by atoms with Gasteiger partial charge >= 0.3 is 11.9 Å². The summed E-state index contributed by atoms with van der Waals surface area (Å²) in [5, 5.41) is 8.68. The van der Waals surface area contributed by atoms with E-state index in [4.69, 9.17) is 9.84 Å². The smallest absolute Gasteiger partial charge is 0.306 e. The van der Waals surface area contributed by atoms with Crippen LogP contribution in [0.2, 0.25) is 0 Å². The van der Waals surface area contributed by atoms with Gasteiger partial charge in [-0.25, -0.2) is 0 Å². The van der Waals surface area contributed by atoms with E-state index in [2.05, 4.69) is 13.8 Å². The molecule has 214 valence electrons. The largest absolute Gasteiger partial charge is 0.481 e. The van der Waals surface area contributed by atoms with Gasteiger partial charge < -0.3 is 9.84 Å². The molecule has 0 fully saturated rings. The van der Waals surface area contributed by atoms with E-state index in [0.29, 0.717) is 6.42 Å². The van der Waals surface area contributed by atoms with Gasteiger partial charge in [0.05, 0.1) is 0 Å². The molecule has 0 heterocycles. The number of ether oxygens (including phenoxy) is 1. The molecule has 1 unspecified atom stereocenters. The lowest BCUT2D eigenvalue weighted by Gasteiger charge is -2.18. The summed E-state index contributed by atoms with van der Waals surface area (Å²) in [6.07, 6.45) is 31.5. The highest BCUT2D eigenvalue weighted by Gasteiger charge is 2.13. The second-order valence-corrected chi connectivity index (χ2v) is 11.0. The minimum atomic E-state index is -0.695. The molecule has 4 nitrogen and oxygen atoms in total. The molecule has 0 saturated heterocycles. The van der Waals surface area contributed by atoms with Crippen LogP contribution in [-0.4, -0.2) is 23.1 Å². The van der Waals surface area contributed by atoms with Crippen LogP contribution in [0, 0.1) is 0 Å². The van der Waals surface area contributed by atoms with Crippen molar-refractivity contribution in [2.75, 3.05) is 0 Å². The molecule has 0 aromatic heterocycles. The summed E-state index contributed by atoms with van der Waals surface area (Å²) in [5.41, 5.74) is 0. The summed E-state index contributed by atoms with van der Waals surface area (Å²) in [5.74, 6) is -0.695. The van der Waals surface area contributed by atoms with Crippen LogP contribution in [0.15, 0.2) is 0 Å². The number of carboxylic acids is 1.